The molecule has 0 radical (unpaired) electrons. The van der Waals surface area contributed by atoms with Crippen molar-refractivity contribution in [1.82, 2.24) is 10.2 Å². The van der Waals surface area contributed by atoms with Gasteiger partial charge in [-0.15, -0.1) is 0 Å². The Kier molecular flexibility index (Phi) is 5.12. The minimum atomic E-state index is 0.130. The number of nitrogens with one attached hydrogen (secondary N) is 1. The topological polar surface area (TPSA) is 32.3 Å². The summed E-state index contributed by atoms with van der Waals surface area (Å²) in [4.78, 5) is 13.7. The van der Waals surface area contributed by atoms with Gasteiger partial charge in [0, 0.05) is 25.2 Å². The van der Waals surface area contributed by atoms with Crippen LogP contribution in [0.5, 0.6) is 0 Å². The lowest BCUT2D eigenvalue weighted by Crippen LogP contribution is -2.39. The van der Waals surface area contributed by atoms with Gasteiger partial charge in [0.25, 0.3) is 0 Å². The van der Waals surface area contributed by atoms with Gasteiger partial charge in [0.15, 0.2) is 0 Å². The van der Waals surface area contributed by atoms with Gasteiger partial charge in [0.2, 0.25) is 5.91 Å². The third kappa shape index (κ3) is 3.51. The van der Waals surface area contributed by atoms with Crippen LogP contribution in [0.25, 0.3) is 0 Å². The maximum Gasteiger partial charge on any atom is 0.246 e. The summed E-state index contributed by atoms with van der Waals surface area (Å²) in [6.45, 7) is 3.73. The molecule has 0 aromatic heterocycles. The van der Waals surface area contributed by atoms with Crippen LogP contribution in [0, 0.1) is 0 Å². The van der Waals surface area contributed by atoms with Gasteiger partial charge < -0.3 is 10.2 Å². The van der Waals surface area contributed by atoms with Crippen LogP contribution in [0.3, 0.4) is 0 Å². The lowest BCUT2D eigenvalue weighted by Gasteiger charge is -2.22. The maximum absolute atomic E-state index is 11.8. The van der Waals surface area contributed by atoms with Crippen LogP contribution in [-0.2, 0) is 4.79 Å². The summed E-state index contributed by atoms with van der Waals surface area (Å²) in [7, 11) is 1.93. The molecule has 0 aliphatic carbocycles. The van der Waals surface area contributed by atoms with E-state index in [-0.39, 0.29) is 5.91 Å². The van der Waals surface area contributed by atoms with E-state index in [0.29, 0.717) is 6.04 Å². The van der Waals surface area contributed by atoms with E-state index in [9.17, 15) is 4.79 Å². The SMILES string of the molecule is CC=C/C=C/C(=O)N1CCCC1CNC. The molecular formula is C12H20N2O. The highest BCUT2D eigenvalue weighted by Crippen LogP contribution is 2.16. The van der Waals surface area contributed by atoms with E-state index >= 15 is 0 Å². The van der Waals surface area contributed by atoms with Crippen molar-refractivity contribution in [3.05, 3.63) is 24.3 Å². The molecule has 1 fully saturated rings. The molecule has 1 saturated heterocycles. The molecule has 84 valence electrons. The number of allylic oxidation sites excluding steroid dienone is 3. The highest BCUT2D eigenvalue weighted by molar-refractivity contribution is 5.88. The molecule has 0 saturated carbocycles. The van der Waals surface area contributed by atoms with Crippen molar-refractivity contribution in [3.63, 3.8) is 0 Å². The minimum Gasteiger partial charge on any atom is -0.335 e. The van der Waals surface area contributed by atoms with Crippen molar-refractivity contribution in [3.8, 4) is 0 Å². The van der Waals surface area contributed by atoms with E-state index in [1.54, 1.807) is 12.2 Å². The Hall–Kier alpha value is -1.09. The lowest BCUT2D eigenvalue weighted by molar-refractivity contribution is -0.126. The van der Waals surface area contributed by atoms with Crippen molar-refractivity contribution in [2.24, 2.45) is 0 Å². The first-order chi connectivity index (χ1) is 7.29. The van der Waals surface area contributed by atoms with Crippen molar-refractivity contribution in [2.75, 3.05) is 20.1 Å². The number of likely N-dealkylation sites (N-methyl/N-ethyl adjacent to an activating group) is 1. The molecule has 0 aromatic carbocycles. The van der Waals surface area contributed by atoms with Gasteiger partial charge in [0.05, 0.1) is 0 Å². The van der Waals surface area contributed by atoms with Gasteiger partial charge >= 0.3 is 0 Å². The van der Waals surface area contributed by atoms with Crippen LogP contribution in [0.4, 0.5) is 0 Å². The van der Waals surface area contributed by atoms with Gasteiger partial charge in [-0.25, -0.2) is 0 Å². The number of carbonyl (C=O) groups is 1. The summed E-state index contributed by atoms with van der Waals surface area (Å²) in [5.74, 6) is 0.130. The predicted octanol–water partition coefficient (Wildman–Crippen LogP) is 1.33. The molecule has 3 heteroatoms. The van der Waals surface area contributed by atoms with E-state index in [0.717, 1.165) is 25.9 Å². The molecule has 0 spiro atoms. The highest BCUT2D eigenvalue weighted by atomic mass is 16.2. The molecule has 1 N–H and O–H groups in total. The molecular weight excluding hydrogens is 188 g/mol. The summed E-state index contributed by atoms with van der Waals surface area (Å²) in [6, 6.07) is 0.373. The zero-order valence-electron chi connectivity index (χ0n) is 9.57. The fourth-order valence-corrected chi connectivity index (χ4v) is 1.92. The van der Waals surface area contributed by atoms with E-state index in [2.05, 4.69) is 5.32 Å². The van der Waals surface area contributed by atoms with E-state index in [1.165, 1.54) is 0 Å². The van der Waals surface area contributed by atoms with E-state index in [4.69, 9.17) is 0 Å². The molecule has 1 amide bonds. The largest absolute Gasteiger partial charge is 0.335 e. The molecule has 1 aliphatic rings. The molecule has 1 aliphatic heterocycles. The number of hydrogen-bond donors (Lipinski definition) is 1. The number of hydrogen-bond acceptors (Lipinski definition) is 2. The molecule has 0 aromatic rings. The third-order valence-electron chi connectivity index (χ3n) is 2.64. The van der Waals surface area contributed by atoms with Crippen molar-refractivity contribution in [1.29, 1.82) is 0 Å². The fraction of sp³-hybridized carbons (Fsp3) is 0.583. The van der Waals surface area contributed by atoms with Crippen LogP contribution in [0.2, 0.25) is 0 Å². The van der Waals surface area contributed by atoms with Gasteiger partial charge in [0.1, 0.15) is 0 Å². The first-order valence-electron chi connectivity index (χ1n) is 5.54. The first kappa shape index (κ1) is 12.0. The van der Waals surface area contributed by atoms with Gasteiger partial charge in [-0.3, -0.25) is 4.79 Å². The summed E-state index contributed by atoms with van der Waals surface area (Å²) in [5.41, 5.74) is 0. The van der Waals surface area contributed by atoms with Gasteiger partial charge in [-0.1, -0.05) is 18.2 Å². The molecule has 0 bridgehead atoms. The summed E-state index contributed by atoms with van der Waals surface area (Å²) < 4.78 is 0. The molecule has 1 heterocycles. The first-order valence-corrected chi connectivity index (χ1v) is 5.54. The van der Waals surface area contributed by atoms with Gasteiger partial charge in [-0.2, -0.15) is 0 Å². The number of carbonyl (C=O) groups excluding carboxylic acids is 1. The molecule has 1 unspecified atom stereocenters. The second-order valence-corrected chi connectivity index (χ2v) is 3.77. The predicted molar refractivity (Wildman–Crippen MR) is 62.6 cm³/mol. The second-order valence-electron chi connectivity index (χ2n) is 3.77. The molecule has 3 nitrogen and oxygen atoms in total. The number of nitrogens with zero attached hydrogens (tertiary/aromatic N) is 1. The monoisotopic (exact) mass is 208 g/mol. The van der Waals surface area contributed by atoms with Crippen LogP contribution < -0.4 is 5.32 Å². The normalized spacial score (nSPS) is 22.0. The summed E-state index contributed by atoms with van der Waals surface area (Å²) in [6.07, 6.45) is 9.48. The average molecular weight is 208 g/mol. The minimum absolute atomic E-state index is 0.130. The molecule has 1 atom stereocenters. The van der Waals surface area contributed by atoms with Crippen molar-refractivity contribution < 1.29 is 4.79 Å². The molecule has 1 rings (SSSR count). The van der Waals surface area contributed by atoms with Gasteiger partial charge in [-0.05, 0) is 26.8 Å². The Morgan fingerprint density at radius 1 is 1.53 bits per heavy atom. The zero-order chi connectivity index (χ0) is 11.1. The van der Waals surface area contributed by atoms with Crippen LogP contribution in [-0.4, -0.2) is 37.0 Å². The van der Waals surface area contributed by atoms with Crippen LogP contribution >= 0.6 is 0 Å². The Morgan fingerprint density at radius 3 is 3.00 bits per heavy atom. The standard InChI is InChI=1S/C12H20N2O/c1-3-4-5-8-12(15)14-9-6-7-11(14)10-13-2/h3-5,8,11,13H,6-7,9-10H2,1-2H3/b4-3?,8-5+. The Morgan fingerprint density at radius 2 is 2.33 bits per heavy atom. The number of rotatable bonds is 4. The Labute approximate surface area is 91.8 Å². The summed E-state index contributed by atoms with van der Waals surface area (Å²) in [5, 5.41) is 3.13. The Balaban J connectivity index is 2.50. The third-order valence-corrected chi connectivity index (χ3v) is 2.64. The van der Waals surface area contributed by atoms with Crippen LogP contribution in [0.15, 0.2) is 24.3 Å². The van der Waals surface area contributed by atoms with Crippen LogP contribution in [0.1, 0.15) is 19.8 Å². The highest BCUT2D eigenvalue weighted by Gasteiger charge is 2.26. The smallest absolute Gasteiger partial charge is 0.246 e. The zero-order valence-corrected chi connectivity index (χ0v) is 9.57. The molecule has 15 heavy (non-hydrogen) atoms. The van der Waals surface area contributed by atoms with Crippen molar-refractivity contribution in [2.45, 2.75) is 25.8 Å². The lowest BCUT2D eigenvalue weighted by atomic mass is 10.2. The number of amides is 1. The van der Waals surface area contributed by atoms with E-state index in [1.807, 2.05) is 31.0 Å². The Bertz CT molecular complexity index is 258. The van der Waals surface area contributed by atoms with E-state index < -0.39 is 0 Å². The second kappa shape index (κ2) is 6.40. The average Bonchev–Trinajstić information content (AvgIpc) is 2.67. The maximum atomic E-state index is 11.8. The quantitative estimate of drug-likeness (QED) is 0.558. The number of likely N-dealkylation sites (tertiary alicyclic amines) is 1. The van der Waals surface area contributed by atoms with Crippen molar-refractivity contribution >= 4 is 5.91 Å². The summed E-state index contributed by atoms with van der Waals surface area (Å²) >= 11 is 0. The fourth-order valence-electron chi connectivity index (χ4n) is 1.92.